The maximum atomic E-state index is 11.1. The number of nitrogens with one attached hydrogen (secondary N) is 1. The van der Waals surface area contributed by atoms with Crippen LogP contribution < -0.4 is 5.32 Å². The highest BCUT2D eigenvalue weighted by Gasteiger charge is 2.02. The molecule has 0 fully saturated rings. The molecule has 1 amide bonds. The third-order valence-corrected chi connectivity index (χ3v) is 3.33. The molecule has 1 aromatic rings. The number of carbonyl (C=O) groups is 1. The number of hydrogen-bond donors (Lipinski definition) is 1. The fourth-order valence-electron chi connectivity index (χ4n) is 0.947. The topological polar surface area (TPSA) is 38.3 Å². The number of amides is 1. The van der Waals surface area contributed by atoms with Gasteiger partial charge in [-0.25, -0.2) is 4.79 Å². The Morgan fingerprint density at radius 1 is 1.60 bits per heavy atom. The third-order valence-electron chi connectivity index (χ3n) is 1.48. The third kappa shape index (κ3) is 4.68. The van der Waals surface area contributed by atoms with E-state index in [-0.39, 0.29) is 0 Å². The molecule has 6 heteroatoms. The van der Waals surface area contributed by atoms with Crippen molar-refractivity contribution in [1.82, 2.24) is 0 Å². The van der Waals surface area contributed by atoms with Crippen LogP contribution in [-0.2, 0) is 4.74 Å². The number of anilines is 1. The van der Waals surface area contributed by atoms with E-state index in [9.17, 15) is 4.79 Å². The van der Waals surface area contributed by atoms with Crippen LogP contribution in [0.4, 0.5) is 10.5 Å². The minimum atomic E-state index is -0.446. The quantitative estimate of drug-likeness (QED) is 0.829. The number of rotatable bonds is 4. The summed E-state index contributed by atoms with van der Waals surface area (Å²) >= 11 is 0. The second kappa shape index (κ2) is 6.87. The van der Waals surface area contributed by atoms with Crippen LogP contribution in [0.2, 0.25) is 0 Å². The molecule has 0 saturated carbocycles. The van der Waals surface area contributed by atoms with Gasteiger partial charge in [-0.15, -0.1) is 0 Å². The predicted molar refractivity (Wildman–Crippen MR) is 66.4 cm³/mol. The van der Waals surface area contributed by atoms with Gasteiger partial charge in [0, 0.05) is 20.6 Å². The van der Waals surface area contributed by atoms with E-state index in [0.29, 0.717) is 12.3 Å². The van der Waals surface area contributed by atoms with Gasteiger partial charge in [0.15, 0.2) is 0 Å². The molecule has 0 aliphatic heterocycles. The van der Waals surface area contributed by atoms with Gasteiger partial charge in [-0.1, -0.05) is 6.07 Å². The maximum absolute atomic E-state index is 11.1. The average molecular weight is 264 g/mol. The maximum Gasteiger partial charge on any atom is 0.411 e. The summed E-state index contributed by atoms with van der Waals surface area (Å²) in [6, 6.07) is 7.38. The molecular formula is C9H10ClNO2S2. The fourth-order valence-corrected chi connectivity index (χ4v) is 2.51. The van der Waals surface area contributed by atoms with Crippen LogP contribution in [0.3, 0.4) is 0 Å². The molecule has 0 radical (unpaired) electrons. The summed E-state index contributed by atoms with van der Waals surface area (Å²) in [6.07, 6.45) is -0.446. The number of halogens is 1. The SMILES string of the molecule is CCOC(=O)Nc1cccc(SSCl)c1. The lowest BCUT2D eigenvalue weighted by Gasteiger charge is -2.05. The van der Waals surface area contributed by atoms with Crippen LogP contribution >= 0.6 is 31.5 Å². The lowest BCUT2D eigenvalue weighted by molar-refractivity contribution is 0.168. The van der Waals surface area contributed by atoms with E-state index in [2.05, 4.69) is 5.32 Å². The average Bonchev–Trinajstić information content (AvgIpc) is 2.19. The van der Waals surface area contributed by atoms with Crippen molar-refractivity contribution in [3.63, 3.8) is 0 Å². The van der Waals surface area contributed by atoms with Gasteiger partial charge < -0.3 is 4.74 Å². The molecule has 0 heterocycles. The fraction of sp³-hybridized carbons (Fsp3) is 0.222. The zero-order valence-electron chi connectivity index (χ0n) is 8.03. The first-order chi connectivity index (χ1) is 7.26. The van der Waals surface area contributed by atoms with Crippen molar-refractivity contribution in [2.24, 2.45) is 0 Å². The van der Waals surface area contributed by atoms with Gasteiger partial charge >= 0.3 is 6.09 Å². The minimum absolute atomic E-state index is 0.359. The van der Waals surface area contributed by atoms with Crippen molar-refractivity contribution in [3.05, 3.63) is 24.3 Å². The van der Waals surface area contributed by atoms with Gasteiger partial charge in [-0.2, -0.15) is 0 Å². The summed E-state index contributed by atoms with van der Waals surface area (Å²) in [5.41, 5.74) is 0.698. The smallest absolute Gasteiger partial charge is 0.411 e. The van der Waals surface area contributed by atoms with Crippen molar-refractivity contribution < 1.29 is 9.53 Å². The molecule has 82 valence electrons. The number of hydrogen-bond acceptors (Lipinski definition) is 4. The molecule has 15 heavy (non-hydrogen) atoms. The largest absolute Gasteiger partial charge is 0.450 e. The normalized spacial score (nSPS) is 9.73. The van der Waals surface area contributed by atoms with Gasteiger partial charge in [0.2, 0.25) is 0 Å². The summed E-state index contributed by atoms with van der Waals surface area (Å²) in [6.45, 7) is 2.12. The molecule has 1 N–H and O–H groups in total. The minimum Gasteiger partial charge on any atom is -0.450 e. The monoisotopic (exact) mass is 263 g/mol. The molecule has 0 unspecified atom stereocenters. The molecule has 0 spiro atoms. The summed E-state index contributed by atoms with van der Waals surface area (Å²) in [5, 5.41) is 2.61. The first-order valence-corrected chi connectivity index (χ1v) is 7.23. The Bertz CT molecular complexity index is 336. The van der Waals surface area contributed by atoms with E-state index in [0.717, 1.165) is 14.9 Å². The number of benzene rings is 1. The highest BCUT2D eigenvalue weighted by Crippen LogP contribution is 2.34. The zero-order valence-corrected chi connectivity index (χ0v) is 10.4. The molecule has 0 atom stereocenters. The van der Waals surface area contributed by atoms with Crippen LogP contribution in [0.1, 0.15) is 6.92 Å². The van der Waals surface area contributed by atoms with E-state index in [4.69, 9.17) is 15.4 Å². The summed E-state index contributed by atoms with van der Waals surface area (Å²) in [4.78, 5) is 12.1. The molecule has 1 aromatic carbocycles. The Hall–Kier alpha value is -0.520. The van der Waals surface area contributed by atoms with Gasteiger partial charge in [-0.05, 0) is 46.6 Å². The molecular weight excluding hydrogens is 254 g/mol. The van der Waals surface area contributed by atoms with Gasteiger partial charge in [0.1, 0.15) is 0 Å². The number of ether oxygens (including phenoxy) is 1. The van der Waals surface area contributed by atoms with Crippen molar-refractivity contribution in [1.29, 1.82) is 0 Å². The van der Waals surface area contributed by atoms with E-state index >= 15 is 0 Å². The van der Waals surface area contributed by atoms with E-state index in [1.54, 1.807) is 13.0 Å². The zero-order chi connectivity index (χ0) is 11.1. The predicted octanol–water partition coefficient (Wildman–Crippen LogP) is 4.15. The highest BCUT2D eigenvalue weighted by atomic mass is 35.7. The molecule has 0 saturated heterocycles. The molecule has 0 aromatic heterocycles. The van der Waals surface area contributed by atoms with E-state index in [1.807, 2.05) is 18.2 Å². The van der Waals surface area contributed by atoms with Crippen molar-refractivity contribution in [3.8, 4) is 0 Å². The molecule has 0 aliphatic rings. The van der Waals surface area contributed by atoms with Crippen LogP contribution in [0.5, 0.6) is 0 Å². The van der Waals surface area contributed by atoms with Crippen LogP contribution in [0, 0.1) is 0 Å². The van der Waals surface area contributed by atoms with Gasteiger partial charge in [0.25, 0.3) is 0 Å². The van der Waals surface area contributed by atoms with Crippen molar-refractivity contribution >= 4 is 43.3 Å². The van der Waals surface area contributed by atoms with Crippen molar-refractivity contribution in [2.45, 2.75) is 11.8 Å². The summed E-state index contributed by atoms with van der Waals surface area (Å²) in [5.74, 6) is 0. The summed E-state index contributed by atoms with van der Waals surface area (Å²) in [7, 11) is 8.07. The Kier molecular flexibility index (Phi) is 5.75. The second-order valence-electron chi connectivity index (χ2n) is 2.52. The van der Waals surface area contributed by atoms with Gasteiger partial charge in [-0.3, -0.25) is 5.32 Å². The van der Waals surface area contributed by atoms with Crippen molar-refractivity contribution in [2.75, 3.05) is 11.9 Å². The first-order valence-electron chi connectivity index (χ1n) is 4.25. The molecule has 0 bridgehead atoms. The molecule has 3 nitrogen and oxygen atoms in total. The van der Waals surface area contributed by atoms with Crippen LogP contribution in [0.25, 0.3) is 0 Å². The first kappa shape index (κ1) is 12.5. The lowest BCUT2D eigenvalue weighted by Crippen LogP contribution is -2.13. The van der Waals surface area contributed by atoms with E-state index < -0.39 is 6.09 Å². The molecule has 1 rings (SSSR count). The Morgan fingerprint density at radius 3 is 3.07 bits per heavy atom. The van der Waals surface area contributed by atoms with Crippen LogP contribution in [0.15, 0.2) is 29.2 Å². The Balaban J connectivity index is 2.60. The number of carbonyl (C=O) groups excluding carboxylic acids is 1. The lowest BCUT2D eigenvalue weighted by atomic mass is 10.3. The van der Waals surface area contributed by atoms with Crippen LogP contribution in [-0.4, -0.2) is 12.7 Å². The standard InChI is InChI=1S/C9H10ClNO2S2/c1-2-13-9(12)11-7-4-3-5-8(6-7)14-15-10/h3-6H,2H2,1H3,(H,11,12). The Morgan fingerprint density at radius 2 is 2.40 bits per heavy atom. The van der Waals surface area contributed by atoms with E-state index in [1.165, 1.54) is 10.8 Å². The Labute approximate surface area is 101 Å². The molecule has 0 aliphatic carbocycles. The summed E-state index contributed by atoms with van der Waals surface area (Å²) < 4.78 is 4.76. The highest BCUT2D eigenvalue weighted by molar-refractivity contribution is 8.85. The van der Waals surface area contributed by atoms with Gasteiger partial charge in [0.05, 0.1) is 6.61 Å². The second-order valence-corrected chi connectivity index (χ2v) is 5.30.